The molecule has 0 fully saturated rings. The van der Waals surface area contributed by atoms with Gasteiger partial charge in [-0.2, -0.15) is 0 Å². The van der Waals surface area contributed by atoms with E-state index in [-0.39, 0.29) is 11.9 Å². The molecule has 1 N–H and O–H groups in total. The predicted molar refractivity (Wildman–Crippen MR) is 56.1 cm³/mol. The van der Waals surface area contributed by atoms with Crippen LogP contribution in [0, 0.1) is 0 Å². The van der Waals surface area contributed by atoms with Crippen molar-refractivity contribution in [2.45, 2.75) is 13.0 Å². The number of hydrogen-bond acceptors (Lipinski definition) is 2. The minimum atomic E-state index is -0.169. The van der Waals surface area contributed by atoms with Gasteiger partial charge in [0.2, 0.25) is 5.91 Å². The van der Waals surface area contributed by atoms with Crippen LogP contribution in [0.15, 0.2) is 24.8 Å². The molecule has 70 valence electrons. The van der Waals surface area contributed by atoms with Crippen molar-refractivity contribution in [2.24, 2.45) is 0 Å². The van der Waals surface area contributed by atoms with Crippen molar-refractivity contribution in [1.82, 2.24) is 5.32 Å². The zero-order valence-electron chi connectivity index (χ0n) is 7.21. The van der Waals surface area contributed by atoms with Gasteiger partial charge in [-0.1, -0.05) is 18.2 Å². The van der Waals surface area contributed by atoms with E-state index in [2.05, 4.69) is 11.9 Å². The molecule has 1 heterocycles. The Morgan fingerprint density at radius 3 is 2.92 bits per heavy atom. The standard InChI is InChI=1S/C9H10ClNOS/c1-3-9(12)11-6(2)7-4-5-8(10)13-7/h3-6H,1H2,2H3,(H,11,12). The average molecular weight is 216 g/mol. The second-order valence-electron chi connectivity index (χ2n) is 2.58. The molecule has 0 aliphatic rings. The maximum atomic E-state index is 10.9. The lowest BCUT2D eigenvalue weighted by Gasteiger charge is -2.09. The van der Waals surface area contributed by atoms with E-state index in [1.807, 2.05) is 19.1 Å². The summed E-state index contributed by atoms with van der Waals surface area (Å²) in [6.45, 7) is 5.28. The maximum Gasteiger partial charge on any atom is 0.243 e. The summed E-state index contributed by atoms with van der Waals surface area (Å²) in [5.41, 5.74) is 0. The molecule has 1 amide bonds. The van der Waals surface area contributed by atoms with Gasteiger partial charge in [-0.05, 0) is 25.1 Å². The molecule has 0 spiro atoms. The zero-order chi connectivity index (χ0) is 9.84. The third-order valence-electron chi connectivity index (χ3n) is 1.56. The number of hydrogen-bond donors (Lipinski definition) is 1. The lowest BCUT2D eigenvalue weighted by Crippen LogP contribution is -2.23. The van der Waals surface area contributed by atoms with Crippen molar-refractivity contribution in [3.8, 4) is 0 Å². The predicted octanol–water partition coefficient (Wildman–Crippen LogP) is 2.76. The van der Waals surface area contributed by atoms with Crippen molar-refractivity contribution in [1.29, 1.82) is 0 Å². The summed E-state index contributed by atoms with van der Waals surface area (Å²) in [4.78, 5) is 12.0. The van der Waals surface area contributed by atoms with Crippen LogP contribution < -0.4 is 5.32 Å². The van der Waals surface area contributed by atoms with Crippen LogP contribution in [0.3, 0.4) is 0 Å². The molecule has 4 heteroatoms. The van der Waals surface area contributed by atoms with Crippen LogP contribution in [0.4, 0.5) is 0 Å². The molecule has 0 aliphatic carbocycles. The quantitative estimate of drug-likeness (QED) is 0.772. The van der Waals surface area contributed by atoms with Gasteiger partial charge in [0, 0.05) is 4.88 Å². The number of carbonyl (C=O) groups excluding carboxylic acids is 1. The Morgan fingerprint density at radius 1 is 1.77 bits per heavy atom. The molecule has 1 atom stereocenters. The summed E-state index contributed by atoms with van der Waals surface area (Å²) >= 11 is 7.23. The minimum Gasteiger partial charge on any atom is -0.345 e. The SMILES string of the molecule is C=CC(=O)NC(C)c1ccc(Cl)s1. The Hall–Kier alpha value is -0.800. The summed E-state index contributed by atoms with van der Waals surface area (Å²) < 4.78 is 0.731. The normalized spacial score (nSPS) is 12.2. The van der Waals surface area contributed by atoms with Gasteiger partial charge < -0.3 is 5.32 Å². The highest BCUT2D eigenvalue weighted by Crippen LogP contribution is 2.26. The van der Waals surface area contributed by atoms with Crippen molar-refractivity contribution >= 4 is 28.8 Å². The molecule has 0 bridgehead atoms. The Bertz CT molecular complexity index is 321. The number of thiophene rings is 1. The van der Waals surface area contributed by atoms with Gasteiger partial charge >= 0.3 is 0 Å². The molecule has 0 saturated heterocycles. The summed E-state index contributed by atoms with van der Waals surface area (Å²) in [6.07, 6.45) is 1.26. The van der Waals surface area contributed by atoms with Crippen molar-refractivity contribution < 1.29 is 4.79 Å². The largest absolute Gasteiger partial charge is 0.345 e. The van der Waals surface area contributed by atoms with Crippen LogP contribution in [-0.4, -0.2) is 5.91 Å². The molecule has 1 rings (SSSR count). The molecular formula is C9H10ClNOS. The van der Waals surface area contributed by atoms with Crippen LogP contribution in [0.2, 0.25) is 4.34 Å². The van der Waals surface area contributed by atoms with Gasteiger partial charge in [-0.3, -0.25) is 4.79 Å². The summed E-state index contributed by atoms with van der Waals surface area (Å²) in [6, 6.07) is 3.71. The van der Waals surface area contributed by atoms with Gasteiger partial charge in [-0.15, -0.1) is 11.3 Å². The van der Waals surface area contributed by atoms with E-state index >= 15 is 0 Å². The first kappa shape index (κ1) is 10.3. The number of carbonyl (C=O) groups is 1. The molecule has 0 aromatic carbocycles. The lowest BCUT2D eigenvalue weighted by atomic mass is 10.3. The Morgan fingerprint density at radius 2 is 2.46 bits per heavy atom. The minimum absolute atomic E-state index is 0.0111. The zero-order valence-corrected chi connectivity index (χ0v) is 8.78. The van der Waals surface area contributed by atoms with Gasteiger partial charge in [0.25, 0.3) is 0 Å². The maximum absolute atomic E-state index is 10.9. The second kappa shape index (κ2) is 4.44. The topological polar surface area (TPSA) is 29.1 Å². The first-order chi connectivity index (χ1) is 6.13. The lowest BCUT2D eigenvalue weighted by molar-refractivity contribution is -0.117. The number of nitrogens with one attached hydrogen (secondary N) is 1. The fraction of sp³-hybridized carbons (Fsp3) is 0.222. The van der Waals surface area contributed by atoms with E-state index in [9.17, 15) is 4.79 Å². The number of rotatable bonds is 3. The van der Waals surface area contributed by atoms with Crippen LogP contribution in [0.1, 0.15) is 17.8 Å². The Labute approximate surface area is 86.2 Å². The molecule has 2 nitrogen and oxygen atoms in total. The van der Waals surface area contributed by atoms with Crippen LogP contribution in [0.5, 0.6) is 0 Å². The molecule has 13 heavy (non-hydrogen) atoms. The summed E-state index contributed by atoms with van der Waals surface area (Å²) in [5, 5.41) is 2.75. The van der Waals surface area contributed by atoms with Gasteiger partial charge in [0.15, 0.2) is 0 Å². The smallest absolute Gasteiger partial charge is 0.243 e. The second-order valence-corrected chi connectivity index (χ2v) is 4.32. The molecule has 0 radical (unpaired) electrons. The first-order valence-corrected chi connectivity index (χ1v) is 5.01. The van der Waals surface area contributed by atoms with E-state index in [4.69, 9.17) is 11.6 Å². The Balaban J connectivity index is 2.63. The molecule has 1 aromatic heterocycles. The third kappa shape index (κ3) is 2.86. The molecule has 0 saturated carbocycles. The van der Waals surface area contributed by atoms with Gasteiger partial charge in [-0.25, -0.2) is 0 Å². The molecular weight excluding hydrogens is 206 g/mol. The fourth-order valence-electron chi connectivity index (χ4n) is 0.904. The van der Waals surface area contributed by atoms with E-state index in [1.165, 1.54) is 17.4 Å². The van der Waals surface area contributed by atoms with Crippen molar-refractivity contribution in [3.05, 3.63) is 34.0 Å². The highest BCUT2D eigenvalue weighted by Gasteiger charge is 2.08. The van der Waals surface area contributed by atoms with Crippen LogP contribution >= 0.6 is 22.9 Å². The molecule has 1 unspecified atom stereocenters. The highest BCUT2D eigenvalue weighted by molar-refractivity contribution is 7.16. The van der Waals surface area contributed by atoms with Crippen LogP contribution in [0.25, 0.3) is 0 Å². The van der Waals surface area contributed by atoms with E-state index in [1.54, 1.807) is 0 Å². The fourth-order valence-corrected chi connectivity index (χ4v) is 1.97. The summed E-state index contributed by atoms with van der Waals surface area (Å²) in [7, 11) is 0. The van der Waals surface area contributed by atoms with Crippen molar-refractivity contribution in [2.75, 3.05) is 0 Å². The molecule has 0 aliphatic heterocycles. The highest BCUT2D eigenvalue weighted by atomic mass is 35.5. The van der Waals surface area contributed by atoms with Gasteiger partial charge in [0.05, 0.1) is 10.4 Å². The first-order valence-electron chi connectivity index (χ1n) is 3.81. The van der Waals surface area contributed by atoms with E-state index in [0.717, 1.165) is 9.21 Å². The van der Waals surface area contributed by atoms with E-state index < -0.39 is 0 Å². The average Bonchev–Trinajstić information content (AvgIpc) is 2.51. The monoisotopic (exact) mass is 215 g/mol. The third-order valence-corrected chi connectivity index (χ3v) is 2.98. The van der Waals surface area contributed by atoms with Gasteiger partial charge in [0.1, 0.15) is 0 Å². The van der Waals surface area contributed by atoms with E-state index in [0.29, 0.717) is 0 Å². The van der Waals surface area contributed by atoms with Crippen molar-refractivity contribution in [3.63, 3.8) is 0 Å². The Kier molecular flexibility index (Phi) is 3.51. The summed E-state index contributed by atoms with van der Waals surface area (Å²) in [5.74, 6) is -0.169. The number of halogens is 1. The molecule has 1 aromatic rings. The van der Waals surface area contributed by atoms with Crippen LogP contribution in [-0.2, 0) is 4.79 Å². The number of amides is 1.